The number of nitriles is 1. The minimum atomic E-state index is 0.438. The van der Waals surface area contributed by atoms with Crippen LogP contribution < -0.4 is 15.1 Å². The van der Waals surface area contributed by atoms with Crippen molar-refractivity contribution in [1.29, 1.82) is 5.26 Å². The Kier molecular flexibility index (Phi) is 7.67. The highest BCUT2D eigenvalue weighted by atomic mass is 16.5. The largest absolute Gasteiger partial charge is 0.378 e. The molecule has 0 unspecified atom stereocenters. The van der Waals surface area contributed by atoms with E-state index in [1.165, 1.54) is 5.69 Å². The van der Waals surface area contributed by atoms with E-state index in [0.717, 1.165) is 69.3 Å². The van der Waals surface area contributed by atoms with Crippen molar-refractivity contribution in [3.05, 3.63) is 53.7 Å². The average molecular weight is 444 g/mol. The van der Waals surface area contributed by atoms with Crippen LogP contribution in [0.2, 0.25) is 0 Å². The van der Waals surface area contributed by atoms with Crippen LogP contribution in [-0.4, -0.2) is 64.0 Å². The Labute approximate surface area is 194 Å². The molecule has 0 atom stereocenters. The summed E-state index contributed by atoms with van der Waals surface area (Å²) in [6.07, 6.45) is 7.49. The lowest BCUT2D eigenvalue weighted by atomic mass is 10.1. The molecule has 33 heavy (non-hydrogen) atoms. The van der Waals surface area contributed by atoms with Crippen molar-refractivity contribution in [1.82, 2.24) is 4.98 Å². The second kappa shape index (κ2) is 11.2. The molecule has 1 aromatic heterocycles. The Hall–Kier alpha value is -3.70. The van der Waals surface area contributed by atoms with E-state index in [0.29, 0.717) is 17.9 Å². The topological polar surface area (TPSA) is 89.1 Å². The van der Waals surface area contributed by atoms with Crippen LogP contribution in [0.25, 0.3) is 5.70 Å². The number of allylic oxidation sites excluding steroid dienone is 1. The Morgan fingerprint density at radius 3 is 2.61 bits per heavy atom. The fourth-order valence-corrected chi connectivity index (χ4v) is 4.03. The molecule has 1 N–H and O–H groups in total. The van der Waals surface area contributed by atoms with Crippen LogP contribution >= 0.6 is 0 Å². The number of nitrogens with one attached hydrogen (secondary N) is 1. The van der Waals surface area contributed by atoms with Crippen molar-refractivity contribution < 1.29 is 4.74 Å². The van der Waals surface area contributed by atoms with E-state index < -0.39 is 0 Å². The number of nitrogens with zero attached hydrogens (tertiary/aromatic N) is 6. The molecule has 2 aliphatic rings. The van der Waals surface area contributed by atoms with Crippen LogP contribution in [0, 0.1) is 11.3 Å². The molecule has 3 heterocycles. The van der Waals surface area contributed by atoms with Gasteiger partial charge in [-0.2, -0.15) is 5.26 Å². The van der Waals surface area contributed by atoms with Gasteiger partial charge in [-0.25, -0.2) is 4.98 Å². The summed E-state index contributed by atoms with van der Waals surface area (Å²) in [4.78, 5) is 17.5. The monoisotopic (exact) mass is 443 g/mol. The summed E-state index contributed by atoms with van der Waals surface area (Å²) in [5.41, 5.74) is 4.16. The first-order chi connectivity index (χ1) is 16.3. The molecular formula is C25H29N7O. The van der Waals surface area contributed by atoms with Gasteiger partial charge in [0.15, 0.2) is 0 Å². The lowest BCUT2D eigenvalue weighted by Crippen LogP contribution is -2.36. The van der Waals surface area contributed by atoms with Crippen molar-refractivity contribution in [2.45, 2.75) is 12.8 Å². The lowest BCUT2D eigenvalue weighted by molar-refractivity contribution is 0.122. The summed E-state index contributed by atoms with van der Waals surface area (Å²) >= 11 is 0. The van der Waals surface area contributed by atoms with E-state index in [9.17, 15) is 5.26 Å². The van der Waals surface area contributed by atoms with Crippen molar-refractivity contribution in [2.75, 3.05) is 61.2 Å². The highest BCUT2D eigenvalue weighted by Gasteiger charge is 2.18. The molecule has 0 amide bonds. The summed E-state index contributed by atoms with van der Waals surface area (Å²) in [6, 6.07) is 12.4. The maximum atomic E-state index is 9.58. The Morgan fingerprint density at radius 1 is 1.15 bits per heavy atom. The van der Waals surface area contributed by atoms with Crippen LogP contribution in [0.5, 0.6) is 0 Å². The van der Waals surface area contributed by atoms with Gasteiger partial charge in [0, 0.05) is 55.5 Å². The fraction of sp³-hybridized carbons (Fsp3) is 0.360. The van der Waals surface area contributed by atoms with E-state index in [2.05, 4.69) is 67.1 Å². The maximum absolute atomic E-state index is 9.58. The molecule has 0 bridgehead atoms. The number of rotatable bonds is 8. The zero-order valence-electron chi connectivity index (χ0n) is 18.8. The molecule has 0 saturated carbocycles. The SMILES string of the molecule is C=N/C(=C\C=N/CNc1ccc(N2CCOCC2)cc1)c1cnc(N2CCCC2)c(C#N)c1. The fourth-order valence-electron chi connectivity index (χ4n) is 4.03. The third-order valence-corrected chi connectivity index (χ3v) is 5.81. The first-order valence-electron chi connectivity index (χ1n) is 11.3. The average Bonchev–Trinajstić information content (AvgIpc) is 3.42. The number of pyridine rings is 1. The molecule has 0 spiro atoms. The third kappa shape index (κ3) is 5.76. The van der Waals surface area contributed by atoms with E-state index >= 15 is 0 Å². The smallest absolute Gasteiger partial charge is 0.146 e. The summed E-state index contributed by atoms with van der Waals surface area (Å²) < 4.78 is 5.41. The minimum absolute atomic E-state index is 0.438. The van der Waals surface area contributed by atoms with E-state index in [1.807, 2.05) is 6.07 Å². The van der Waals surface area contributed by atoms with Gasteiger partial charge in [0.2, 0.25) is 0 Å². The van der Waals surface area contributed by atoms with Gasteiger partial charge in [-0.1, -0.05) is 0 Å². The molecule has 0 aliphatic carbocycles. The molecule has 2 fully saturated rings. The second-order valence-electron chi connectivity index (χ2n) is 7.92. The van der Waals surface area contributed by atoms with Crippen LogP contribution in [0.4, 0.5) is 17.2 Å². The molecule has 0 radical (unpaired) electrons. The van der Waals surface area contributed by atoms with Gasteiger partial charge < -0.3 is 19.9 Å². The Bertz CT molecular complexity index is 1040. The number of hydrogen-bond donors (Lipinski definition) is 1. The number of ether oxygens (including phenoxy) is 1. The lowest BCUT2D eigenvalue weighted by Gasteiger charge is -2.28. The predicted octanol–water partition coefficient (Wildman–Crippen LogP) is 3.57. The van der Waals surface area contributed by atoms with Crippen LogP contribution in [0.1, 0.15) is 24.0 Å². The molecule has 2 aromatic rings. The molecule has 8 nitrogen and oxygen atoms in total. The first-order valence-corrected chi connectivity index (χ1v) is 11.3. The standard InChI is InChI=1S/C25H29N7O/c1-27-24(21-16-20(17-26)25(29-18-21)32-10-2-3-11-32)8-9-28-19-30-22-4-6-23(7-5-22)31-12-14-33-15-13-31/h4-9,16,18,30H,1-3,10-15,19H2/b24-8-,28-9-. The van der Waals surface area contributed by atoms with Gasteiger partial charge in [0.1, 0.15) is 18.6 Å². The normalized spacial score (nSPS) is 16.8. The Balaban J connectivity index is 1.34. The van der Waals surface area contributed by atoms with Crippen LogP contribution in [-0.2, 0) is 4.74 Å². The molecular weight excluding hydrogens is 414 g/mol. The zero-order chi connectivity index (χ0) is 22.9. The van der Waals surface area contributed by atoms with Gasteiger partial charge in [-0.3, -0.25) is 9.98 Å². The molecule has 2 aliphatic heterocycles. The molecule has 2 saturated heterocycles. The molecule has 170 valence electrons. The minimum Gasteiger partial charge on any atom is -0.378 e. The van der Waals surface area contributed by atoms with Crippen LogP contribution in [0.3, 0.4) is 0 Å². The highest BCUT2D eigenvalue weighted by molar-refractivity contribution is 5.85. The van der Waals surface area contributed by atoms with Crippen molar-refractivity contribution in [2.24, 2.45) is 9.98 Å². The van der Waals surface area contributed by atoms with Gasteiger partial charge in [-0.15, -0.1) is 0 Å². The van der Waals surface area contributed by atoms with E-state index in [4.69, 9.17) is 4.74 Å². The zero-order valence-corrected chi connectivity index (χ0v) is 18.8. The van der Waals surface area contributed by atoms with Gasteiger partial charge in [0.25, 0.3) is 0 Å². The van der Waals surface area contributed by atoms with Crippen molar-refractivity contribution >= 4 is 35.8 Å². The number of benzene rings is 1. The van der Waals surface area contributed by atoms with Gasteiger partial charge in [0.05, 0.1) is 24.5 Å². The highest BCUT2D eigenvalue weighted by Crippen LogP contribution is 2.25. The first kappa shape index (κ1) is 22.5. The number of morpholine rings is 1. The predicted molar refractivity (Wildman–Crippen MR) is 134 cm³/mol. The van der Waals surface area contributed by atoms with Gasteiger partial charge in [-0.05, 0) is 56.0 Å². The maximum Gasteiger partial charge on any atom is 0.146 e. The molecule has 1 aromatic carbocycles. The van der Waals surface area contributed by atoms with E-state index in [1.54, 1.807) is 18.5 Å². The summed E-state index contributed by atoms with van der Waals surface area (Å²) in [5, 5.41) is 12.9. The summed E-state index contributed by atoms with van der Waals surface area (Å²) in [6.45, 7) is 9.39. The second-order valence-corrected chi connectivity index (χ2v) is 7.92. The number of anilines is 3. The number of aliphatic imine (C=N–C) groups is 2. The Morgan fingerprint density at radius 2 is 1.91 bits per heavy atom. The summed E-state index contributed by atoms with van der Waals surface area (Å²) in [5.74, 6) is 0.750. The molecule has 4 rings (SSSR count). The van der Waals surface area contributed by atoms with Crippen LogP contribution in [0.15, 0.2) is 52.6 Å². The van der Waals surface area contributed by atoms with Crippen molar-refractivity contribution in [3.63, 3.8) is 0 Å². The van der Waals surface area contributed by atoms with Gasteiger partial charge >= 0.3 is 0 Å². The quantitative estimate of drug-likeness (QED) is 0.628. The van der Waals surface area contributed by atoms with Crippen molar-refractivity contribution in [3.8, 4) is 6.07 Å². The van der Waals surface area contributed by atoms with E-state index in [-0.39, 0.29) is 0 Å². The third-order valence-electron chi connectivity index (χ3n) is 5.81. The summed E-state index contributed by atoms with van der Waals surface area (Å²) in [7, 11) is 0. The molecule has 8 heteroatoms. The number of hydrogen-bond acceptors (Lipinski definition) is 8. The number of aromatic nitrogens is 1.